The highest BCUT2D eigenvalue weighted by molar-refractivity contribution is 6.31. The summed E-state index contributed by atoms with van der Waals surface area (Å²) in [6.45, 7) is 0.655. The van der Waals surface area contributed by atoms with Crippen LogP contribution < -0.4 is 26.6 Å². The first-order valence-corrected chi connectivity index (χ1v) is 12.4. The summed E-state index contributed by atoms with van der Waals surface area (Å²) in [6.07, 6.45) is -0.962. The van der Waals surface area contributed by atoms with Crippen LogP contribution in [0.2, 0.25) is 5.02 Å². The summed E-state index contributed by atoms with van der Waals surface area (Å²) in [5, 5.41) is 16.1. The van der Waals surface area contributed by atoms with Gasteiger partial charge in [0.25, 0.3) is 5.56 Å². The van der Waals surface area contributed by atoms with Gasteiger partial charge in [0.15, 0.2) is 0 Å². The van der Waals surface area contributed by atoms with Gasteiger partial charge in [0.1, 0.15) is 18.8 Å². The Morgan fingerprint density at radius 1 is 0.974 bits per heavy atom. The van der Waals surface area contributed by atoms with E-state index in [-0.39, 0.29) is 17.4 Å². The van der Waals surface area contributed by atoms with E-state index in [9.17, 15) is 24.3 Å². The number of carbonyl (C=O) groups excluding carboxylic acids is 2. The van der Waals surface area contributed by atoms with Gasteiger partial charge >= 0.3 is 5.69 Å². The highest BCUT2D eigenvalue weighted by atomic mass is 35.5. The van der Waals surface area contributed by atoms with Crippen molar-refractivity contribution in [3.8, 4) is 5.75 Å². The first kappa shape index (κ1) is 27.6. The molecule has 202 valence electrons. The molecule has 1 heterocycles. The summed E-state index contributed by atoms with van der Waals surface area (Å²) in [6, 6.07) is 18.3. The zero-order valence-electron chi connectivity index (χ0n) is 21.3. The molecule has 4 aromatic rings. The molecule has 0 fully saturated rings. The molecule has 10 nitrogen and oxygen atoms in total. The molecule has 39 heavy (non-hydrogen) atoms. The maximum absolute atomic E-state index is 13.4. The van der Waals surface area contributed by atoms with Gasteiger partial charge in [-0.2, -0.15) is 0 Å². The number of benzene rings is 3. The lowest BCUT2D eigenvalue weighted by atomic mass is 10.1. The first-order valence-electron chi connectivity index (χ1n) is 12.1. The van der Waals surface area contributed by atoms with Crippen LogP contribution in [0.5, 0.6) is 5.75 Å². The van der Waals surface area contributed by atoms with Crippen molar-refractivity contribution < 1.29 is 19.4 Å². The van der Waals surface area contributed by atoms with Gasteiger partial charge in [-0.15, -0.1) is 0 Å². The van der Waals surface area contributed by atoms with Gasteiger partial charge < -0.3 is 20.5 Å². The van der Waals surface area contributed by atoms with Gasteiger partial charge in [0.2, 0.25) is 11.8 Å². The number of carbonyl (C=O) groups is 2. The molecule has 4 rings (SSSR count). The molecule has 0 aliphatic heterocycles. The Balaban J connectivity index is 1.59. The van der Waals surface area contributed by atoms with Gasteiger partial charge in [-0.05, 0) is 42.3 Å². The largest absolute Gasteiger partial charge is 0.495 e. The van der Waals surface area contributed by atoms with E-state index in [1.807, 2.05) is 0 Å². The third-order valence-electron chi connectivity index (χ3n) is 6.17. The first-order chi connectivity index (χ1) is 18.7. The van der Waals surface area contributed by atoms with Gasteiger partial charge in [0, 0.05) is 11.6 Å². The summed E-state index contributed by atoms with van der Waals surface area (Å²) in [5.74, 6) is -0.822. The lowest BCUT2D eigenvalue weighted by Crippen LogP contribution is -2.45. The third-order valence-corrected chi connectivity index (χ3v) is 6.57. The standard InChI is InChI=1S/C28H27ClN4O6/c1-17-12-24(39-2)21(13-20(17)29)31-26(36)16-32-22-11-7-6-10-19(22)27(37)33(28(32)38)15-25(35)30-14-23(34)18-8-4-3-5-9-18/h3-13,23,34H,14-16H2,1-2H3,(H,30,35)(H,31,36)/t23-/m0/s1. The molecule has 0 spiro atoms. The van der Waals surface area contributed by atoms with Crippen LogP contribution >= 0.6 is 11.6 Å². The van der Waals surface area contributed by atoms with Crippen LogP contribution in [-0.2, 0) is 22.7 Å². The fourth-order valence-corrected chi connectivity index (χ4v) is 4.28. The molecule has 2 amide bonds. The Kier molecular flexibility index (Phi) is 8.48. The number of nitrogens with zero attached hydrogens (tertiary/aromatic N) is 2. The molecule has 1 aromatic heterocycles. The van der Waals surface area contributed by atoms with E-state index in [1.165, 1.54) is 13.2 Å². The van der Waals surface area contributed by atoms with Crippen LogP contribution in [-0.4, -0.2) is 39.7 Å². The van der Waals surface area contributed by atoms with Crippen molar-refractivity contribution in [2.24, 2.45) is 0 Å². The molecule has 0 bridgehead atoms. The van der Waals surface area contributed by atoms with Crippen LogP contribution in [0.15, 0.2) is 76.3 Å². The normalized spacial score (nSPS) is 11.7. The molecule has 0 aliphatic carbocycles. The minimum absolute atomic E-state index is 0.108. The smallest absolute Gasteiger partial charge is 0.332 e. The number of aliphatic hydroxyl groups excluding tert-OH is 1. The number of aryl methyl sites for hydroxylation is 1. The van der Waals surface area contributed by atoms with Crippen molar-refractivity contribution >= 4 is 40.0 Å². The number of aromatic nitrogens is 2. The quantitative estimate of drug-likeness (QED) is 0.293. The highest BCUT2D eigenvalue weighted by Crippen LogP contribution is 2.30. The zero-order valence-corrected chi connectivity index (χ0v) is 22.1. The summed E-state index contributed by atoms with van der Waals surface area (Å²) in [4.78, 5) is 52.2. The van der Waals surface area contributed by atoms with E-state index in [1.54, 1.807) is 67.6 Å². The summed E-state index contributed by atoms with van der Waals surface area (Å²) in [5.41, 5.74) is 0.434. The van der Waals surface area contributed by atoms with Crippen molar-refractivity contribution in [1.29, 1.82) is 0 Å². The fourth-order valence-electron chi connectivity index (χ4n) is 4.12. The van der Waals surface area contributed by atoms with E-state index >= 15 is 0 Å². The van der Waals surface area contributed by atoms with Crippen molar-refractivity contribution in [1.82, 2.24) is 14.5 Å². The molecule has 3 aromatic carbocycles. The van der Waals surface area contributed by atoms with E-state index in [2.05, 4.69) is 10.6 Å². The number of rotatable bonds is 9. The average Bonchev–Trinajstić information content (AvgIpc) is 2.94. The van der Waals surface area contributed by atoms with Crippen LogP contribution in [0.25, 0.3) is 10.9 Å². The second kappa shape index (κ2) is 12.0. The fraction of sp³-hybridized carbons (Fsp3) is 0.214. The molecule has 11 heteroatoms. The molecule has 0 radical (unpaired) electrons. The topological polar surface area (TPSA) is 132 Å². The number of nitrogens with one attached hydrogen (secondary N) is 2. The SMILES string of the molecule is COc1cc(C)c(Cl)cc1NC(=O)Cn1c(=O)n(CC(=O)NC[C@H](O)c2ccccc2)c(=O)c2ccccc21. The number of anilines is 1. The average molecular weight is 551 g/mol. The van der Waals surface area contributed by atoms with Crippen molar-refractivity contribution in [2.45, 2.75) is 26.1 Å². The number of amides is 2. The van der Waals surface area contributed by atoms with E-state index in [4.69, 9.17) is 16.3 Å². The number of aliphatic hydroxyl groups is 1. The third kappa shape index (κ3) is 6.19. The lowest BCUT2D eigenvalue weighted by Gasteiger charge is -2.16. The summed E-state index contributed by atoms with van der Waals surface area (Å²) < 4.78 is 7.22. The van der Waals surface area contributed by atoms with E-state index in [0.29, 0.717) is 22.0 Å². The van der Waals surface area contributed by atoms with Gasteiger partial charge in [0.05, 0.1) is 29.8 Å². The van der Waals surface area contributed by atoms with Crippen molar-refractivity contribution in [3.63, 3.8) is 0 Å². The molecular formula is C28H27ClN4O6. The van der Waals surface area contributed by atoms with Crippen LogP contribution in [0, 0.1) is 6.92 Å². The maximum Gasteiger partial charge on any atom is 0.332 e. The molecule has 0 saturated heterocycles. The number of halogens is 1. The Bertz CT molecular complexity index is 1650. The summed E-state index contributed by atoms with van der Waals surface area (Å²) in [7, 11) is 1.45. The second-order valence-electron chi connectivity index (χ2n) is 8.86. The molecule has 0 aliphatic rings. The monoisotopic (exact) mass is 550 g/mol. The Morgan fingerprint density at radius 3 is 2.36 bits per heavy atom. The molecular weight excluding hydrogens is 524 g/mol. The maximum atomic E-state index is 13.4. The Morgan fingerprint density at radius 2 is 1.64 bits per heavy atom. The number of hydrogen-bond donors (Lipinski definition) is 3. The number of para-hydroxylation sites is 1. The van der Waals surface area contributed by atoms with Crippen LogP contribution in [0.1, 0.15) is 17.2 Å². The highest BCUT2D eigenvalue weighted by Gasteiger charge is 2.19. The van der Waals surface area contributed by atoms with Crippen molar-refractivity contribution in [3.05, 3.63) is 104 Å². The van der Waals surface area contributed by atoms with Crippen LogP contribution in [0.3, 0.4) is 0 Å². The van der Waals surface area contributed by atoms with Gasteiger partial charge in [-0.1, -0.05) is 54.1 Å². The number of fused-ring (bicyclic) bond motifs is 1. The molecule has 0 saturated carbocycles. The number of hydrogen-bond acceptors (Lipinski definition) is 6. The molecule has 1 atom stereocenters. The minimum Gasteiger partial charge on any atom is -0.495 e. The van der Waals surface area contributed by atoms with E-state index < -0.39 is 42.3 Å². The predicted molar refractivity (Wildman–Crippen MR) is 148 cm³/mol. The summed E-state index contributed by atoms with van der Waals surface area (Å²) >= 11 is 6.20. The molecule has 0 unspecified atom stereocenters. The minimum atomic E-state index is -0.962. The van der Waals surface area contributed by atoms with Crippen molar-refractivity contribution in [2.75, 3.05) is 19.0 Å². The van der Waals surface area contributed by atoms with Gasteiger partial charge in [-0.25, -0.2) is 4.79 Å². The Labute approximate surface area is 228 Å². The predicted octanol–water partition coefficient (Wildman–Crippen LogP) is 2.62. The molecule has 3 N–H and O–H groups in total. The Hall–Kier alpha value is -4.41. The van der Waals surface area contributed by atoms with E-state index in [0.717, 1.165) is 14.7 Å². The second-order valence-corrected chi connectivity index (χ2v) is 9.26. The van der Waals surface area contributed by atoms with Gasteiger partial charge in [-0.3, -0.25) is 23.5 Å². The zero-order chi connectivity index (χ0) is 28.1. The van der Waals surface area contributed by atoms with Crippen LogP contribution in [0.4, 0.5) is 5.69 Å². The lowest BCUT2D eigenvalue weighted by molar-refractivity contribution is -0.122. The number of ether oxygens (including phenoxy) is 1. The number of methoxy groups -OCH3 is 1.